The number of aromatic nitrogens is 2. The van der Waals surface area contributed by atoms with Crippen LogP contribution in [0.5, 0.6) is 11.5 Å². The summed E-state index contributed by atoms with van der Waals surface area (Å²) >= 11 is 0. The summed E-state index contributed by atoms with van der Waals surface area (Å²) in [6.07, 6.45) is 4.20. The zero-order valence-corrected chi connectivity index (χ0v) is 40.9. The van der Waals surface area contributed by atoms with Gasteiger partial charge in [0, 0.05) is 66.5 Å². The maximum absolute atomic E-state index is 6.90. The normalized spacial score (nSPS) is 13.6. The standard InChI is InChI=1S/C58H57N4O.Pt/c1-55(2,3)42-24-19-25-45(32-42)60-38-53(58(9,10)41-22-15-12-16-23-41)61(39-60)46-33-44(56(4,5)6)34-48(36-46)63-47-28-29-50-49-26-17-18-27-51(49)62(52(50)37-47)54-35-43(30-31-59-54)57(7,8)40-20-13-11-14-21-40;/h11-35,38-39H,1-10H3;/q-3;. The van der Waals surface area contributed by atoms with E-state index in [2.05, 4.69) is 248 Å². The summed E-state index contributed by atoms with van der Waals surface area (Å²) in [5.41, 5.74) is 10.4. The Morgan fingerprint density at radius 3 is 1.86 bits per heavy atom. The first-order valence-corrected chi connectivity index (χ1v) is 22.0. The molecule has 0 saturated heterocycles. The van der Waals surface area contributed by atoms with E-state index in [1.54, 1.807) is 0 Å². The predicted molar refractivity (Wildman–Crippen MR) is 262 cm³/mol. The molecule has 0 bridgehead atoms. The summed E-state index contributed by atoms with van der Waals surface area (Å²) in [6.45, 7) is 24.8. The van der Waals surface area contributed by atoms with Gasteiger partial charge in [-0.25, -0.2) is 4.98 Å². The van der Waals surface area contributed by atoms with Crippen LogP contribution < -0.4 is 14.5 Å². The van der Waals surface area contributed by atoms with E-state index >= 15 is 0 Å². The fourth-order valence-corrected chi connectivity index (χ4v) is 8.73. The molecular formula is C58H57N4OPt-3. The van der Waals surface area contributed by atoms with Crippen LogP contribution in [0.25, 0.3) is 27.6 Å². The number of benzene rings is 6. The van der Waals surface area contributed by atoms with Gasteiger partial charge < -0.3 is 19.1 Å². The quantitative estimate of drug-likeness (QED) is 0.135. The number of pyridine rings is 1. The van der Waals surface area contributed by atoms with Gasteiger partial charge in [0.1, 0.15) is 5.82 Å². The number of nitrogens with zero attached hydrogens (tertiary/aromatic N) is 4. The van der Waals surface area contributed by atoms with Gasteiger partial charge in [0.05, 0.1) is 0 Å². The van der Waals surface area contributed by atoms with E-state index in [9.17, 15) is 0 Å². The van der Waals surface area contributed by atoms with Crippen molar-refractivity contribution in [3.63, 3.8) is 0 Å². The SMILES string of the molecule is CC(C)(C)c1cc(Oc2[c-]c3c(cc2)c2ccccc2n3-c2cc(C(C)(C)c3ccccc3)ccn2)[c-]c(N2[CH-]N(c3cccc(C(C)(C)C)c3)C=C2C(C)(C)c2ccccc2)c1.[Pt]. The number of allylic oxidation sites excluding steroid dienone is 1. The van der Waals surface area contributed by atoms with Crippen LogP contribution >= 0.6 is 0 Å². The Hall–Kier alpha value is -5.90. The van der Waals surface area contributed by atoms with Crippen molar-refractivity contribution in [2.45, 2.75) is 90.9 Å². The van der Waals surface area contributed by atoms with E-state index in [1.807, 2.05) is 12.3 Å². The van der Waals surface area contributed by atoms with Crippen molar-refractivity contribution in [2.24, 2.45) is 0 Å². The van der Waals surface area contributed by atoms with E-state index in [0.717, 1.165) is 50.3 Å². The minimum Gasteiger partial charge on any atom is -0.509 e. The molecule has 0 fully saturated rings. The average molecular weight is 1020 g/mol. The molecule has 0 unspecified atom stereocenters. The molecule has 0 atom stereocenters. The Kier molecular flexibility index (Phi) is 11.8. The molecule has 8 aromatic rings. The zero-order chi connectivity index (χ0) is 44.3. The summed E-state index contributed by atoms with van der Waals surface area (Å²) in [4.78, 5) is 9.51. The van der Waals surface area contributed by atoms with Crippen LogP contribution in [0.1, 0.15) is 97.1 Å². The molecule has 0 N–H and O–H groups in total. The van der Waals surface area contributed by atoms with Crippen molar-refractivity contribution < 1.29 is 25.8 Å². The van der Waals surface area contributed by atoms with Crippen LogP contribution in [0.15, 0.2) is 164 Å². The third-order valence-corrected chi connectivity index (χ3v) is 12.8. The van der Waals surface area contributed by atoms with Gasteiger partial charge in [0.15, 0.2) is 0 Å². The fraction of sp³-hybridized carbons (Fsp3) is 0.241. The molecule has 5 nitrogen and oxygen atoms in total. The van der Waals surface area contributed by atoms with Crippen LogP contribution in [0, 0.1) is 18.8 Å². The van der Waals surface area contributed by atoms with E-state index in [4.69, 9.17) is 9.72 Å². The monoisotopic (exact) mass is 1020 g/mol. The van der Waals surface area contributed by atoms with Crippen molar-refractivity contribution >= 4 is 33.2 Å². The predicted octanol–water partition coefficient (Wildman–Crippen LogP) is 14.8. The molecule has 2 aromatic heterocycles. The van der Waals surface area contributed by atoms with E-state index < -0.39 is 0 Å². The Morgan fingerprint density at radius 2 is 1.17 bits per heavy atom. The molecule has 328 valence electrons. The molecule has 0 spiro atoms. The van der Waals surface area contributed by atoms with Gasteiger partial charge in [-0.05, 0) is 75.0 Å². The summed E-state index contributed by atoms with van der Waals surface area (Å²) < 4.78 is 9.11. The fourth-order valence-electron chi connectivity index (χ4n) is 8.73. The largest absolute Gasteiger partial charge is 0.509 e. The molecule has 0 saturated carbocycles. The second-order valence-corrected chi connectivity index (χ2v) is 20.0. The second kappa shape index (κ2) is 16.9. The Balaban J connectivity index is 0.00000560. The molecule has 64 heavy (non-hydrogen) atoms. The van der Waals surface area contributed by atoms with Crippen LogP contribution in [-0.2, 0) is 42.7 Å². The van der Waals surface area contributed by atoms with Crippen LogP contribution in [0.3, 0.4) is 0 Å². The van der Waals surface area contributed by atoms with E-state index in [0.29, 0.717) is 11.5 Å². The molecule has 0 amide bonds. The molecular weight excluding hydrogens is 964 g/mol. The molecule has 6 aromatic carbocycles. The summed E-state index contributed by atoms with van der Waals surface area (Å²) in [5, 5.41) is 2.22. The molecule has 1 aliphatic rings. The number of fused-ring (bicyclic) bond motifs is 3. The number of anilines is 2. The number of rotatable bonds is 9. The molecule has 1 aliphatic heterocycles. The second-order valence-electron chi connectivity index (χ2n) is 20.0. The van der Waals surface area contributed by atoms with Crippen LogP contribution in [0.2, 0.25) is 0 Å². The zero-order valence-electron chi connectivity index (χ0n) is 38.6. The number of ether oxygens (including phenoxy) is 1. The summed E-state index contributed by atoms with van der Waals surface area (Å²) in [5.74, 6) is 2.06. The van der Waals surface area contributed by atoms with E-state index in [-0.39, 0.29) is 42.7 Å². The van der Waals surface area contributed by atoms with Gasteiger partial charge in [-0.1, -0.05) is 166 Å². The topological polar surface area (TPSA) is 33.5 Å². The minimum absolute atomic E-state index is 0. The van der Waals surface area contributed by atoms with Crippen molar-refractivity contribution in [1.82, 2.24) is 9.55 Å². The number of hydrogen-bond acceptors (Lipinski definition) is 4. The first-order chi connectivity index (χ1) is 30.0. The van der Waals surface area contributed by atoms with Gasteiger partial charge in [0.2, 0.25) is 0 Å². The molecule has 9 rings (SSSR count). The number of hydrogen-bond donors (Lipinski definition) is 0. The van der Waals surface area contributed by atoms with Gasteiger partial charge in [-0.15, -0.1) is 53.6 Å². The van der Waals surface area contributed by atoms with Gasteiger partial charge in [-0.2, -0.15) is 6.07 Å². The molecule has 0 aliphatic carbocycles. The smallest absolute Gasteiger partial charge is 0.135 e. The first-order valence-electron chi connectivity index (χ1n) is 22.0. The van der Waals surface area contributed by atoms with Gasteiger partial charge in [-0.3, -0.25) is 0 Å². The third-order valence-electron chi connectivity index (χ3n) is 12.8. The van der Waals surface area contributed by atoms with Crippen molar-refractivity contribution in [3.05, 3.63) is 210 Å². The minimum atomic E-state index is -0.353. The van der Waals surface area contributed by atoms with Crippen molar-refractivity contribution in [3.8, 4) is 17.3 Å². The average Bonchev–Trinajstić information content (AvgIpc) is 3.87. The van der Waals surface area contributed by atoms with Crippen LogP contribution in [-0.4, -0.2) is 9.55 Å². The van der Waals surface area contributed by atoms with Crippen molar-refractivity contribution in [1.29, 1.82) is 0 Å². The molecule has 6 heteroatoms. The number of para-hydroxylation sites is 1. The Bertz CT molecular complexity index is 2990. The summed E-state index contributed by atoms with van der Waals surface area (Å²) in [6, 6.07) is 59.1. The summed E-state index contributed by atoms with van der Waals surface area (Å²) in [7, 11) is 0. The van der Waals surface area contributed by atoms with Gasteiger partial charge in [0.25, 0.3) is 0 Å². The molecule has 3 heterocycles. The van der Waals surface area contributed by atoms with Crippen molar-refractivity contribution in [2.75, 3.05) is 9.80 Å². The van der Waals surface area contributed by atoms with E-state index in [1.165, 1.54) is 22.3 Å². The Morgan fingerprint density at radius 1 is 0.531 bits per heavy atom. The maximum atomic E-state index is 6.90. The van der Waals surface area contributed by atoms with Crippen LogP contribution in [0.4, 0.5) is 11.4 Å². The van der Waals surface area contributed by atoms with Gasteiger partial charge >= 0.3 is 0 Å². The molecule has 0 radical (unpaired) electrons. The maximum Gasteiger partial charge on any atom is 0.135 e. The first kappa shape index (κ1) is 44.7. The third kappa shape index (κ3) is 8.43. The Labute approximate surface area is 394 Å².